The van der Waals surface area contributed by atoms with Gasteiger partial charge in [0.1, 0.15) is 5.01 Å². The average Bonchev–Trinajstić information content (AvgIpc) is 2.93. The molecule has 0 aromatic carbocycles. The van der Waals surface area contributed by atoms with Crippen LogP contribution in [0, 0.1) is 6.92 Å². The Kier molecular flexibility index (Phi) is 4.01. The molecule has 0 bridgehead atoms. The van der Waals surface area contributed by atoms with Gasteiger partial charge in [-0.15, -0.1) is 11.3 Å². The molecule has 5 nitrogen and oxygen atoms in total. The van der Waals surface area contributed by atoms with E-state index in [0.717, 1.165) is 16.5 Å². The minimum atomic E-state index is -0.0835. The van der Waals surface area contributed by atoms with E-state index in [1.165, 1.54) is 0 Å². The Hall–Kier alpha value is -1.27. The molecule has 1 atom stereocenters. The highest BCUT2D eigenvalue weighted by Gasteiger charge is 2.21. The van der Waals surface area contributed by atoms with Crippen LogP contribution in [-0.2, 0) is 12.0 Å². The van der Waals surface area contributed by atoms with E-state index in [1.807, 2.05) is 6.92 Å². The number of hydrogen-bond donors (Lipinski definition) is 1. The molecule has 0 radical (unpaired) electrons. The van der Waals surface area contributed by atoms with Crippen LogP contribution in [0.15, 0.2) is 9.90 Å². The topological polar surface area (TPSA) is 63.8 Å². The quantitative estimate of drug-likeness (QED) is 0.932. The van der Waals surface area contributed by atoms with Crippen LogP contribution in [0.5, 0.6) is 0 Å². The van der Waals surface area contributed by atoms with Crippen LogP contribution in [0.2, 0.25) is 0 Å². The second kappa shape index (κ2) is 5.38. The molecule has 0 saturated heterocycles. The van der Waals surface area contributed by atoms with Crippen molar-refractivity contribution in [3.05, 3.63) is 27.8 Å². The van der Waals surface area contributed by atoms with Gasteiger partial charge in [-0.3, -0.25) is 5.32 Å². The Labute approximate surface area is 117 Å². The Bertz CT molecular complexity index is 541. The first-order chi connectivity index (χ1) is 8.86. The number of aryl methyl sites for hydroxylation is 1. The molecule has 19 heavy (non-hydrogen) atoms. The summed E-state index contributed by atoms with van der Waals surface area (Å²) in [6.45, 7) is 10.8. The predicted molar refractivity (Wildman–Crippen MR) is 75.1 cm³/mol. The number of nitrogens with one attached hydrogen (secondary N) is 1. The van der Waals surface area contributed by atoms with Crippen molar-refractivity contribution in [1.29, 1.82) is 0 Å². The number of hydrogen-bond acceptors (Lipinski definition) is 6. The Morgan fingerprint density at radius 3 is 2.63 bits per heavy atom. The molecule has 0 aliphatic carbocycles. The van der Waals surface area contributed by atoms with Crippen molar-refractivity contribution in [2.45, 2.75) is 52.6 Å². The van der Waals surface area contributed by atoms with E-state index in [-0.39, 0.29) is 11.5 Å². The third-order valence-electron chi connectivity index (χ3n) is 2.71. The van der Waals surface area contributed by atoms with Gasteiger partial charge in [0.15, 0.2) is 5.82 Å². The van der Waals surface area contributed by atoms with Crippen LogP contribution in [0.25, 0.3) is 0 Å². The first-order valence-corrected chi connectivity index (χ1v) is 7.22. The summed E-state index contributed by atoms with van der Waals surface area (Å²) < 4.78 is 5.24. The second-order valence-electron chi connectivity index (χ2n) is 5.69. The highest BCUT2D eigenvalue weighted by Crippen LogP contribution is 2.20. The van der Waals surface area contributed by atoms with E-state index in [0.29, 0.717) is 12.4 Å². The van der Waals surface area contributed by atoms with Crippen LogP contribution in [0.4, 0.5) is 0 Å². The molecule has 0 fully saturated rings. The van der Waals surface area contributed by atoms with Gasteiger partial charge in [0.05, 0.1) is 12.6 Å². The van der Waals surface area contributed by atoms with Gasteiger partial charge in [-0.25, -0.2) is 4.98 Å². The van der Waals surface area contributed by atoms with Gasteiger partial charge >= 0.3 is 0 Å². The van der Waals surface area contributed by atoms with Crippen molar-refractivity contribution in [3.63, 3.8) is 0 Å². The van der Waals surface area contributed by atoms with E-state index in [9.17, 15) is 0 Å². The normalized spacial score (nSPS) is 13.7. The molecular weight excluding hydrogens is 260 g/mol. The zero-order valence-corrected chi connectivity index (χ0v) is 12.8. The van der Waals surface area contributed by atoms with E-state index < -0.39 is 0 Å². The average molecular weight is 280 g/mol. The highest BCUT2D eigenvalue weighted by atomic mass is 32.1. The number of rotatable bonds is 4. The van der Waals surface area contributed by atoms with Gasteiger partial charge in [0.2, 0.25) is 5.89 Å². The summed E-state index contributed by atoms with van der Waals surface area (Å²) in [5.41, 5.74) is 0.973. The second-order valence-corrected chi connectivity index (χ2v) is 6.58. The predicted octanol–water partition coefficient (Wildman–Crippen LogP) is 2.98. The zero-order chi connectivity index (χ0) is 14.0. The lowest BCUT2D eigenvalue weighted by molar-refractivity contribution is 0.349. The number of thiazole rings is 1. The van der Waals surface area contributed by atoms with Crippen molar-refractivity contribution < 1.29 is 4.52 Å². The summed E-state index contributed by atoms with van der Waals surface area (Å²) in [6, 6.07) is 0.184. The maximum absolute atomic E-state index is 5.24. The van der Waals surface area contributed by atoms with Crippen LogP contribution < -0.4 is 5.32 Å². The molecule has 0 saturated carbocycles. The molecule has 2 aromatic heterocycles. The molecular formula is C13H20N4OS. The van der Waals surface area contributed by atoms with Gasteiger partial charge in [0.25, 0.3) is 0 Å². The van der Waals surface area contributed by atoms with Gasteiger partial charge in [-0.05, 0) is 13.8 Å². The van der Waals surface area contributed by atoms with Crippen molar-refractivity contribution in [3.8, 4) is 0 Å². The Morgan fingerprint density at radius 1 is 1.37 bits per heavy atom. The number of aromatic nitrogens is 3. The lowest BCUT2D eigenvalue weighted by atomic mass is 9.96. The van der Waals surface area contributed by atoms with Crippen LogP contribution in [-0.4, -0.2) is 15.1 Å². The van der Waals surface area contributed by atoms with Crippen LogP contribution >= 0.6 is 11.3 Å². The summed E-state index contributed by atoms with van der Waals surface area (Å²) in [5.74, 6) is 1.35. The maximum atomic E-state index is 5.24. The van der Waals surface area contributed by atoms with Crippen LogP contribution in [0.1, 0.15) is 56.2 Å². The molecule has 2 heterocycles. The van der Waals surface area contributed by atoms with Crippen LogP contribution in [0.3, 0.4) is 0 Å². The summed E-state index contributed by atoms with van der Waals surface area (Å²) in [4.78, 5) is 8.85. The molecule has 2 aromatic rings. The Balaban J connectivity index is 1.94. The van der Waals surface area contributed by atoms with E-state index in [4.69, 9.17) is 4.52 Å². The lowest BCUT2D eigenvalue weighted by Gasteiger charge is -2.11. The smallest absolute Gasteiger partial charge is 0.240 e. The van der Waals surface area contributed by atoms with Crippen molar-refractivity contribution in [2.24, 2.45) is 0 Å². The molecule has 1 N–H and O–H groups in total. The molecule has 0 aliphatic heterocycles. The third-order valence-corrected chi connectivity index (χ3v) is 3.85. The first-order valence-electron chi connectivity index (χ1n) is 6.35. The minimum absolute atomic E-state index is 0.0835. The first kappa shape index (κ1) is 14.1. The fraction of sp³-hybridized carbons (Fsp3) is 0.615. The zero-order valence-electron chi connectivity index (χ0n) is 12.0. The van der Waals surface area contributed by atoms with Gasteiger partial charge in [0, 0.05) is 16.5 Å². The monoisotopic (exact) mass is 280 g/mol. The molecule has 104 valence electrons. The number of nitrogens with zero attached hydrogens (tertiary/aromatic N) is 3. The van der Waals surface area contributed by atoms with Crippen molar-refractivity contribution >= 4 is 11.3 Å². The Morgan fingerprint density at radius 2 is 2.11 bits per heavy atom. The standard InChI is InChI=1S/C13H20N4OS/c1-8-7-19-11(15-8)9(2)14-6-10-16-12(17-18-10)13(3,4)5/h7,9,14H,6H2,1-5H3/t9-/m0/s1. The van der Waals surface area contributed by atoms with Gasteiger partial charge in [-0.1, -0.05) is 25.9 Å². The fourth-order valence-electron chi connectivity index (χ4n) is 1.53. The molecule has 0 aliphatic rings. The largest absolute Gasteiger partial charge is 0.338 e. The van der Waals surface area contributed by atoms with E-state index in [2.05, 4.69) is 53.5 Å². The molecule has 0 unspecified atom stereocenters. The summed E-state index contributed by atoms with van der Waals surface area (Å²) in [5, 5.41) is 10.5. The molecule has 2 rings (SSSR count). The van der Waals surface area contributed by atoms with Gasteiger partial charge in [-0.2, -0.15) is 4.98 Å². The molecule has 0 spiro atoms. The van der Waals surface area contributed by atoms with Crippen molar-refractivity contribution in [1.82, 2.24) is 20.4 Å². The summed E-state index contributed by atoms with van der Waals surface area (Å²) in [7, 11) is 0. The SMILES string of the molecule is Cc1csc([C@H](C)NCc2nc(C(C)(C)C)no2)n1. The summed E-state index contributed by atoms with van der Waals surface area (Å²) in [6.07, 6.45) is 0. The fourth-order valence-corrected chi connectivity index (χ4v) is 2.36. The highest BCUT2D eigenvalue weighted by molar-refractivity contribution is 7.09. The van der Waals surface area contributed by atoms with Crippen molar-refractivity contribution in [2.75, 3.05) is 0 Å². The molecule has 6 heteroatoms. The maximum Gasteiger partial charge on any atom is 0.240 e. The minimum Gasteiger partial charge on any atom is -0.338 e. The summed E-state index contributed by atoms with van der Waals surface area (Å²) >= 11 is 1.66. The van der Waals surface area contributed by atoms with Gasteiger partial charge < -0.3 is 4.52 Å². The molecule has 0 amide bonds. The van der Waals surface area contributed by atoms with E-state index in [1.54, 1.807) is 11.3 Å². The van der Waals surface area contributed by atoms with E-state index >= 15 is 0 Å². The third kappa shape index (κ3) is 3.61. The lowest BCUT2D eigenvalue weighted by Crippen LogP contribution is -2.18.